The maximum Gasteiger partial charge on any atom is 3.00 e. The predicted octanol–water partition coefficient (Wildman–Crippen LogP) is -4.52. The second kappa shape index (κ2) is 15.7. The van der Waals surface area contributed by atoms with E-state index in [1.165, 1.54) is 0 Å². The monoisotopic (exact) mass is 190 g/mol. The Morgan fingerprint density at radius 2 is 0.800 bits per heavy atom. The van der Waals surface area contributed by atoms with Crippen LogP contribution >= 0.6 is 0 Å². The average molecular weight is 190 g/mol. The summed E-state index contributed by atoms with van der Waals surface area (Å²) in [5, 5.41) is 33.3. The first-order valence-electron chi connectivity index (χ1n) is 1.22. The molecule has 1 radical (unpaired) electrons. The van der Waals surface area contributed by atoms with Crippen molar-refractivity contribution in [3.63, 3.8) is 0 Å². The molecule has 59 valence electrons. The van der Waals surface area contributed by atoms with E-state index in [1.807, 2.05) is 0 Å². The minimum Gasteiger partial charge on any atom is -0.652 e. The van der Waals surface area contributed by atoms with Gasteiger partial charge in [0.2, 0.25) is 0 Å². The zero-order chi connectivity index (χ0) is 7.15. The summed E-state index contributed by atoms with van der Waals surface area (Å²) in [5.74, 6) is 0. The van der Waals surface area contributed by atoms with E-state index in [9.17, 15) is 0 Å². The van der Waals surface area contributed by atoms with E-state index in [0.29, 0.717) is 0 Å². The molecule has 0 saturated heterocycles. The van der Waals surface area contributed by atoms with Crippen molar-refractivity contribution in [3.05, 3.63) is 0 Å². The molecule has 0 spiro atoms. The van der Waals surface area contributed by atoms with Crippen LogP contribution in [0.25, 0.3) is 0 Å². The molecule has 7 nitrogen and oxygen atoms in total. The van der Waals surface area contributed by atoms with Crippen LogP contribution in [0, 0.1) is 0 Å². The maximum absolute atomic E-state index is 8.33. The molecule has 0 saturated carbocycles. The van der Waals surface area contributed by atoms with Crippen LogP contribution in [0.2, 0.25) is 0 Å². The molecule has 0 rings (SSSR count). The molecule has 0 unspecified atom stereocenters. The Hall–Kier alpha value is -0.968. The van der Waals surface area contributed by atoms with E-state index in [4.69, 9.17) is 30.0 Å². The molecule has 0 heterocycles. The Bertz CT molecular complexity index is 73.7. The summed E-state index contributed by atoms with van der Waals surface area (Å²) in [6.45, 7) is 0. The molecule has 0 amide bonds. The predicted molar refractivity (Wildman–Crippen MR) is 16.8 cm³/mol. The van der Waals surface area contributed by atoms with E-state index in [-0.39, 0.29) is 23.5 Å². The number of hydrogen-bond acceptors (Lipinski definition) is 6. The molecule has 0 bridgehead atoms. The summed E-state index contributed by atoms with van der Waals surface area (Å²) < 4.78 is 0. The van der Waals surface area contributed by atoms with Crippen molar-refractivity contribution < 1.29 is 47.4 Å². The Labute approximate surface area is 66.6 Å². The fourth-order valence-corrected chi connectivity index (χ4v) is 0. The molecular formula is C2H4CrNO6. The Morgan fingerprint density at radius 3 is 0.800 bits per heavy atom. The average Bonchev–Trinajstić information content (AvgIpc) is 1.25. The molecule has 8 heteroatoms. The van der Waals surface area contributed by atoms with E-state index in [1.54, 1.807) is 0 Å². The van der Waals surface area contributed by atoms with Gasteiger partial charge in [-0.1, -0.05) is 0 Å². The molecule has 0 aromatic heterocycles. The van der Waals surface area contributed by atoms with Gasteiger partial charge in [-0.3, -0.25) is 0 Å². The molecule has 10 heavy (non-hydrogen) atoms. The van der Waals surface area contributed by atoms with E-state index in [0.717, 1.165) is 0 Å². The number of hydrogen-bond donors (Lipinski definition) is 1. The van der Waals surface area contributed by atoms with Crippen molar-refractivity contribution in [3.8, 4) is 0 Å². The molecule has 0 fully saturated rings. The van der Waals surface area contributed by atoms with Gasteiger partial charge >= 0.3 is 17.4 Å². The third-order valence-electron chi connectivity index (χ3n) is 0. The van der Waals surface area contributed by atoms with Gasteiger partial charge < -0.3 is 36.2 Å². The van der Waals surface area contributed by atoms with E-state index >= 15 is 0 Å². The zero-order valence-corrected chi connectivity index (χ0v) is 6.13. The van der Waals surface area contributed by atoms with Gasteiger partial charge in [-0.2, -0.15) is 0 Å². The summed E-state index contributed by atoms with van der Waals surface area (Å²) in [6, 6.07) is 0. The van der Waals surface area contributed by atoms with Crippen LogP contribution in [-0.4, -0.2) is 12.3 Å². The van der Waals surface area contributed by atoms with Gasteiger partial charge in [-0.25, -0.2) is 0 Å². The summed E-state index contributed by atoms with van der Waals surface area (Å²) in [4.78, 5) is 16.7. The molecule has 0 aromatic carbocycles. The molecule has 0 aromatic rings. The second-order valence-electron chi connectivity index (χ2n) is 0.500. The van der Waals surface area contributed by atoms with Crippen LogP contribution in [0.1, 0.15) is 0 Å². The number of quaternary nitrogens is 1. The van der Waals surface area contributed by atoms with E-state index in [2.05, 4.69) is 0 Å². The fourth-order valence-electron chi connectivity index (χ4n) is 0. The number of rotatable bonds is 0. The first-order chi connectivity index (χ1) is 3.46. The second-order valence-corrected chi connectivity index (χ2v) is 0.500. The van der Waals surface area contributed by atoms with Gasteiger partial charge in [-0.15, -0.1) is 0 Å². The van der Waals surface area contributed by atoms with Gasteiger partial charge in [0.05, 0.1) is 0 Å². The molecule has 4 N–H and O–H groups in total. The SMILES string of the molecule is O=C([O-])[O-].O=C([O-])[O-].[Cr+3].[NH4+]. The third kappa shape index (κ3) is 273. The molecule has 0 aliphatic rings. The number of carbonyl (C=O) groups excluding carboxylic acids is 2. The first kappa shape index (κ1) is 23.0. The summed E-state index contributed by atoms with van der Waals surface area (Å²) in [7, 11) is 0. The summed E-state index contributed by atoms with van der Waals surface area (Å²) in [6.07, 6.45) is -4.67. The van der Waals surface area contributed by atoms with Gasteiger partial charge in [-0.05, 0) is 12.3 Å². The quantitative estimate of drug-likeness (QED) is 0.404. The normalized spacial score (nSPS) is 4.80. The minimum atomic E-state index is -2.33. The minimum absolute atomic E-state index is 0. The Morgan fingerprint density at radius 1 is 0.800 bits per heavy atom. The van der Waals surface area contributed by atoms with Crippen LogP contribution in [0.5, 0.6) is 0 Å². The van der Waals surface area contributed by atoms with Gasteiger partial charge in [0.15, 0.2) is 0 Å². The molecule has 0 aliphatic heterocycles. The number of carbonyl (C=O) groups is 2. The van der Waals surface area contributed by atoms with Crippen molar-refractivity contribution >= 4 is 12.3 Å². The molecular weight excluding hydrogens is 186 g/mol. The number of carboxylic acid groups (broad SMARTS) is 4. The zero-order valence-electron chi connectivity index (χ0n) is 4.86. The maximum atomic E-state index is 8.33. The van der Waals surface area contributed by atoms with Crippen LogP contribution in [0.15, 0.2) is 0 Å². The third-order valence-corrected chi connectivity index (χ3v) is 0. The van der Waals surface area contributed by atoms with Crippen molar-refractivity contribution in [2.75, 3.05) is 0 Å². The van der Waals surface area contributed by atoms with Crippen LogP contribution in [0.4, 0.5) is 9.59 Å². The smallest absolute Gasteiger partial charge is 0.652 e. The Balaban J connectivity index is -0.0000000300. The van der Waals surface area contributed by atoms with Crippen LogP contribution < -0.4 is 26.6 Å². The summed E-state index contributed by atoms with van der Waals surface area (Å²) >= 11 is 0. The topological polar surface area (TPSA) is 163 Å². The van der Waals surface area contributed by atoms with Crippen LogP contribution in [-0.2, 0) is 17.4 Å². The first-order valence-corrected chi connectivity index (χ1v) is 1.22. The van der Waals surface area contributed by atoms with Crippen molar-refractivity contribution in [1.82, 2.24) is 6.15 Å². The standard InChI is InChI=1S/2CH2O3.Cr.H3N/c2*2-1(3)4;;/h2*(H2,2,3,4);;1H3/q;;+3;/p-3. The summed E-state index contributed by atoms with van der Waals surface area (Å²) in [5.41, 5.74) is 0. The van der Waals surface area contributed by atoms with E-state index < -0.39 is 12.3 Å². The van der Waals surface area contributed by atoms with Crippen molar-refractivity contribution in [2.45, 2.75) is 0 Å². The Kier molecular flexibility index (Phi) is 36.1. The molecule has 0 atom stereocenters. The van der Waals surface area contributed by atoms with Crippen LogP contribution in [0.3, 0.4) is 0 Å². The van der Waals surface area contributed by atoms with Crippen molar-refractivity contribution in [2.24, 2.45) is 0 Å². The largest absolute Gasteiger partial charge is 3.00 e. The van der Waals surface area contributed by atoms with Gasteiger partial charge in [0.1, 0.15) is 0 Å². The fraction of sp³-hybridized carbons (Fsp3) is 0. The van der Waals surface area contributed by atoms with Gasteiger partial charge in [0, 0.05) is 0 Å². The van der Waals surface area contributed by atoms with Crippen molar-refractivity contribution in [1.29, 1.82) is 0 Å². The van der Waals surface area contributed by atoms with Gasteiger partial charge in [0.25, 0.3) is 0 Å². The molecule has 0 aliphatic carbocycles.